The van der Waals surface area contributed by atoms with E-state index in [4.69, 9.17) is 0 Å². The first-order valence-electron chi connectivity index (χ1n) is 5.45. The number of rotatable bonds is 2. The molecule has 0 radical (unpaired) electrons. The molecule has 0 bridgehead atoms. The summed E-state index contributed by atoms with van der Waals surface area (Å²) in [5.41, 5.74) is -0.811. The highest BCUT2D eigenvalue weighted by molar-refractivity contribution is 7.91. The summed E-state index contributed by atoms with van der Waals surface area (Å²) in [4.78, 5) is 11.4. The third kappa shape index (κ3) is 1.77. The first-order chi connectivity index (χ1) is 8.16. The molecule has 2 N–H and O–H groups in total. The molecular formula is C12H14O5S. The van der Waals surface area contributed by atoms with Crippen LogP contribution in [-0.2, 0) is 14.6 Å². The van der Waals surface area contributed by atoms with Gasteiger partial charge in [0.25, 0.3) is 0 Å². The first-order valence-corrected chi connectivity index (χ1v) is 7.10. The van der Waals surface area contributed by atoms with Gasteiger partial charge in [0.1, 0.15) is 5.75 Å². The Morgan fingerprint density at radius 2 is 2.00 bits per heavy atom. The largest absolute Gasteiger partial charge is 0.508 e. The third-order valence-corrected chi connectivity index (χ3v) is 5.33. The van der Waals surface area contributed by atoms with Gasteiger partial charge in [-0.05, 0) is 37.6 Å². The molecule has 2 rings (SSSR count). The summed E-state index contributed by atoms with van der Waals surface area (Å²) in [7, 11) is -3.46. The number of aromatic hydroxyl groups is 1. The van der Waals surface area contributed by atoms with Crippen molar-refractivity contribution in [1.29, 1.82) is 0 Å². The van der Waals surface area contributed by atoms with Crippen LogP contribution < -0.4 is 0 Å². The maximum Gasteiger partial charge on any atom is 0.309 e. The lowest BCUT2D eigenvalue weighted by molar-refractivity contribution is -0.147. The van der Waals surface area contributed by atoms with Crippen molar-refractivity contribution in [1.82, 2.24) is 0 Å². The fourth-order valence-corrected chi connectivity index (χ4v) is 4.29. The van der Waals surface area contributed by atoms with Crippen molar-refractivity contribution in [3.63, 3.8) is 0 Å². The number of phenols is 1. The van der Waals surface area contributed by atoms with Crippen molar-refractivity contribution in [2.24, 2.45) is 5.41 Å². The van der Waals surface area contributed by atoms with Crippen molar-refractivity contribution in [2.75, 3.05) is 5.75 Å². The summed E-state index contributed by atoms with van der Waals surface area (Å²) >= 11 is 0. The standard InChI is InChI=1S/C12H14O5S/c1-12(2,11(14)15)9-6-18(16,17)10-4-3-7(13)5-8(9)10/h3-5,9,13H,6H2,1-2H3,(H,14,15). The Morgan fingerprint density at radius 1 is 1.39 bits per heavy atom. The first kappa shape index (κ1) is 12.9. The van der Waals surface area contributed by atoms with E-state index >= 15 is 0 Å². The lowest BCUT2D eigenvalue weighted by Crippen LogP contribution is -2.32. The normalized spacial score (nSPS) is 21.6. The van der Waals surface area contributed by atoms with Crippen LogP contribution in [0.25, 0.3) is 0 Å². The highest BCUT2D eigenvalue weighted by Crippen LogP contribution is 2.46. The van der Waals surface area contributed by atoms with Gasteiger partial charge in [-0.25, -0.2) is 8.42 Å². The number of fused-ring (bicyclic) bond motifs is 1. The van der Waals surface area contributed by atoms with Gasteiger partial charge in [0.15, 0.2) is 9.84 Å². The van der Waals surface area contributed by atoms with Crippen LogP contribution in [0.3, 0.4) is 0 Å². The number of benzene rings is 1. The molecule has 0 spiro atoms. The molecule has 98 valence electrons. The molecule has 0 fully saturated rings. The minimum absolute atomic E-state index is 0.0583. The van der Waals surface area contributed by atoms with Crippen LogP contribution in [0.5, 0.6) is 5.75 Å². The molecule has 0 aliphatic carbocycles. The van der Waals surface area contributed by atoms with Gasteiger partial charge in [-0.15, -0.1) is 0 Å². The van der Waals surface area contributed by atoms with E-state index in [1.54, 1.807) is 0 Å². The number of hydrogen-bond acceptors (Lipinski definition) is 4. The Balaban J connectivity index is 2.65. The van der Waals surface area contributed by atoms with Crippen LogP contribution in [0.1, 0.15) is 25.3 Å². The summed E-state index contributed by atoms with van der Waals surface area (Å²) in [6.07, 6.45) is 0. The van der Waals surface area contributed by atoms with Gasteiger partial charge in [0.2, 0.25) is 0 Å². The van der Waals surface area contributed by atoms with E-state index in [2.05, 4.69) is 0 Å². The van der Waals surface area contributed by atoms with Crippen LogP contribution in [0.2, 0.25) is 0 Å². The summed E-state index contributed by atoms with van der Waals surface area (Å²) in [5.74, 6) is -2.00. The number of aliphatic carboxylic acids is 1. The number of sulfone groups is 1. The Kier molecular flexibility index (Phi) is 2.66. The quantitative estimate of drug-likeness (QED) is 0.847. The van der Waals surface area contributed by atoms with Gasteiger partial charge in [0.05, 0.1) is 16.1 Å². The summed E-state index contributed by atoms with van der Waals surface area (Å²) in [5, 5.41) is 18.7. The molecule has 0 saturated carbocycles. The lowest BCUT2D eigenvalue weighted by Gasteiger charge is -2.26. The second kappa shape index (κ2) is 3.71. The molecule has 0 aromatic heterocycles. The van der Waals surface area contributed by atoms with Gasteiger partial charge in [-0.3, -0.25) is 4.79 Å². The molecule has 1 aliphatic heterocycles. The Morgan fingerprint density at radius 3 is 2.56 bits per heavy atom. The molecule has 1 aromatic rings. The Bertz CT molecular complexity index is 615. The molecule has 1 atom stereocenters. The van der Waals surface area contributed by atoms with Crippen molar-refractivity contribution in [3.8, 4) is 5.75 Å². The summed E-state index contributed by atoms with van der Waals surface area (Å²) in [6, 6.07) is 3.97. The van der Waals surface area contributed by atoms with Crippen molar-refractivity contribution < 1.29 is 23.4 Å². The number of carbonyl (C=O) groups is 1. The number of carboxylic acids is 1. The molecule has 1 aliphatic rings. The molecule has 1 aromatic carbocycles. The van der Waals surface area contributed by atoms with Gasteiger partial charge < -0.3 is 10.2 Å². The minimum Gasteiger partial charge on any atom is -0.508 e. The molecule has 1 heterocycles. The van der Waals surface area contributed by atoms with Crippen LogP contribution in [-0.4, -0.2) is 30.4 Å². The van der Waals surface area contributed by atoms with Gasteiger partial charge in [-0.2, -0.15) is 0 Å². The molecule has 6 heteroatoms. The van der Waals surface area contributed by atoms with E-state index in [-0.39, 0.29) is 16.4 Å². The van der Waals surface area contributed by atoms with E-state index in [0.29, 0.717) is 5.56 Å². The zero-order valence-corrected chi connectivity index (χ0v) is 10.9. The average Bonchev–Trinajstić information content (AvgIpc) is 2.50. The Labute approximate surface area is 105 Å². The number of carboxylic acid groups (broad SMARTS) is 1. The van der Waals surface area contributed by atoms with E-state index in [1.807, 2.05) is 0 Å². The lowest BCUT2D eigenvalue weighted by atomic mass is 9.76. The van der Waals surface area contributed by atoms with E-state index in [0.717, 1.165) is 0 Å². The summed E-state index contributed by atoms with van der Waals surface area (Å²) in [6.45, 7) is 2.99. The molecule has 0 amide bonds. The smallest absolute Gasteiger partial charge is 0.309 e. The summed E-state index contributed by atoms with van der Waals surface area (Å²) < 4.78 is 23.9. The molecule has 0 saturated heterocycles. The minimum atomic E-state index is -3.46. The third-order valence-electron chi connectivity index (χ3n) is 3.51. The van der Waals surface area contributed by atoms with Crippen molar-refractivity contribution in [2.45, 2.75) is 24.7 Å². The zero-order chi connectivity index (χ0) is 13.7. The zero-order valence-electron chi connectivity index (χ0n) is 10.0. The molecule has 1 unspecified atom stereocenters. The van der Waals surface area contributed by atoms with Crippen LogP contribution in [0.15, 0.2) is 23.1 Å². The number of phenolic OH excluding ortho intramolecular Hbond substituents is 1. The van der Waals surface area contributed by atoms with Crippen LogP contribution in [0, 0.1) is 5.41 Å². The topological polar surface area (TPSA) is 91.7 Å². The maximum absolute atomic E-state index is 12.0. The highest BCUT2D eigenvalue weighted by atomic mass is 32.2. The van der Waals surface area contributed by atoms with Gasteiger partial charge in [0, 0.05) is 5.92 Å². The van der Waals surface area contributed by atoms with Crippen molar-refractivity contribution >= 4 is 15.8 Å². The highest BCUT2D eigenvalue weighted by Gasteiger charge is 2.47. The molecule has 18 heavy (non-hydrogen) atoms. The monoisotopic (exact) mass is 270 g/mol. The SMILES string of the molecule is CC(C)(C(=O)O)C1CS(=O)(=O)c2ccc(O)cc21. The van der Waals surface area contributed by atoms with Crippen LogP contribution in [0.4, 0.5) is 0 Å². The van der Waals surface area contributed by atoms with Gasteiger partial charge in [-0.1, -0.05) is 0 Å². The maximum atomic E-state index is 12.0. The predicted molar refractivity (Wildman–Crippen MR) is 64.3 cm³/mol. The molecule has 5 nitrogen and oxygen atoms in total. The fraction of sp³-hybridized carbons (Fsp3) is 0.417. The fourth-order valence-electron chi connectivity index (χ4n) is 2.24. The average molecular weight is 270 g/mol. The van der Waals surface area contributed by atoms with Crippen molar-refractivity contribution in [3.05, 3.63) is 23.8 Å². The van der Waals surface area contributed by atoms with E-state index < -0.39 is 27.1 Å². The predicted octanol–water partition coefficient (Wildman–Crippen LogP) is 1.37. The Hall–Kier alpha value is -1.56. The molecular weight excluding hydrogens is 256 g/mol. The van der Waals surface area contributed by atoms with E-state index in [9.17, 15) is 23.4 Å². The van der Waals surface area contributed by atoms with Crippen LogP contribution >= 0.6 is 0 Å². The van der Waals surface area contributed by atoms with E-state index in [1.165, 1.54) is 32.0 Å². The second-order valence-electron chi connectivity index (χ2n) is 5.08. The number of hydrogen-bond donors (Lipinski definition) is 2. The van der Waals surface area contributed by atoms with Gasteiger partial charge >= 0.3 is 5.97 Å². The second-order valence-corrected chi connectivity index (χ2v) is 7.09.